The summed E-state index contributed by atoms with van der Waals surface area (Å²) in [5.74, 6) is -0.664. The molecule has 0 bridgehead atoms. The quantitative estimate of drug-likeness (QED) is 0.887. The summed E-state index contributed by atoms with van der Waals surface area (Å²) < 4.78 is 5.45. The van der Waals surface area contributed by atoms with Crippen molar-refractivity contribution in [1.82, 2.24) is 4.98 Å². The zero-order valence-corrected chi connectivity index (χ0v) is 11.0. The molecule has 1 aromatic heterocycles. The third-order valence-electron chi connectivity index (χ3n) is 2.33. The van der Waals surface area contributed by atoms with Crippen molar-refractivity contribution in [3.8, 4) is 0 Å². The molecule has 0 aliphatic heterocycles. The van der Waals surface area contributed by atoms with E-state index in [0.717, 1.165) is 5.39 Å². The van der Waals surface area contributed by atoms with Gasteiger partial charge in [0.15, 0.2) is 0 Å². The lowest BCUT2D eigenvalue weighted by atomic mass is 10.1. The highest BCUT2D eigenvalue weighted by atomic mass is 79.9. The van der Waals surface area contributed by atoms with E-state index in [1.54, 1.807) is 6.07 Å². The number of nitrogens with one attached hydrogen (secondary N) is 1. The van der Waals surface area contributed by atoms with Gasteiger partial charge in [0.25, 0.3) is 5.56 Å². The van der Waals surface area contributed by atoms with Crippen LogP contribution in [-0.4, -0.2) is 17.6 Å². The number of hydrogen-bond donors (Lipinski definition) is 1. The molecule has 0 saturated heterocycles. The number of fused-ring (bicyclic) bond motifs is 1. The maximum absolute atomic E-state index is 11.7. The fourth-order valence-electron chi connectivity index (χ4n) is 1.52. The third kappa shape index (κ3) is 2.68. The molecule has 0 aliphatic rings. The summed E-state index contributed by atoms with van der Waals surface area (Å²) in [6.07, 6.45) is 0. The Hall–Kier alpha value is -1.88. The van der Waals surface area contributed by atoms with Crippen molar-refractivity contribution in [2.45, 2.75) is 0 Å². The zero-order valence-electron chi connectivity index (χ0n) is 9.40. The van der Waals surface area contributed by atoms with Gasteiger partial charge in [0, 0.05) is 10.00 Å². The smallest absolute Gasteiger partial charge is 0.344 e. The first kappa shape index (κ1) is 12.6. The summed E-state index contributed by atoms with van der Waals surface area (Å²) in [6, 6.07) is 8.74. The number of hydrogen-bond acceptors (Lipinski definition) is 3. The van der Waals surface area contributed by atoms with Crippen LogP contribution in [0, 0.1) is 0 Å². The number of halogens is 1. The number of benzene rings is 1. The van der Waals surface area contributed by atoms with E-state index in [-0.39, 0.29) is 12.2 Å². The first-order chi connectivity index (χ1) is 8.58. The molecule has 0 fully saturated rings. The van der Waals surface area contributed by atoms with Crippen LogP contribution < -0.4 is 5.56 Å². The van der Waals surface area contributed by atoms with Gasteiger partial charge in [0.1, 0.15) is 12.2 Å². The molecule has 0 aliphatic carbocycles. The summed E-state index contributed by atoms with van der Waals surface area (Å²) in [5, 5.41) is 0.779. The predicted octanol–water partition coefficient (Wildman–Crippen LogP) is 2.59. The zero-order chi connectivity index (χ0) is 13.1. The van der Waals surface area contributed by atoms with Gasteiger partial charge in [-0.25, -0.2) is 4.79 Å². The van der Waals surface area contributed by atoms with Crippen LogP contribution in [0.15, 0.2) is 46.2 Å². The van der Waals surface area contributed by atoms with Gasteiger partial charge >= 0.3 is 5.97 Å². The predicted molar refractivity (Wildman–Crippen MR) is 72.9 cm³/mol. The van der Waals surface area contributed by atoms with Gasteiger partial charge in [-0.2, -0.15) is 0 Å². The van der Waals surface area contributed by atoms with Gasteiger partial charge < -0.3 is 9.72 Å². The largest absolute Gasteiger partial charge is 0.457 e. The van der Waals surface area contributed by atoms with Crippen LogP contribution >= 0.6 is 15.9 Å². The number of para-hydroxylation sites is 1. The number of H-pyrrole nitrogens is 1. The molecule has 2 aromatic rings. The van der Waals surface area contributed by atoms with Crippen LogP contribution in [0.25, 0.3) is 10.9 Å². The molecule has 1 heterocycles. The molecule has 0 radical (unpaired) electrons. The lowest BCUT2D eigenvalue weighted by Gasteiger charge is -2.04. The monoisotopic (exact) mass is 307 g/mol. The van der Waals surface area contributed by atoms with Crippen LogP contribution in [0.3, 0.4) is 0 Å². The molecule has 0 unspecified atom stereocenters. The Morgan fingerprint density at radius 3 is 2.83 bits per heavy atom. The van der Waals surface area contributed by atoms with Crippen molar-refractivity contribution in [2.75, 3.05) is 6.61 Å². The number of rotatable bonds is 3. The lowest BCUT2D eigenvalue weighted by molar-refractivity contribution is 0.0545. The Bertz CT molecular complexity index is 675. The molecular formula is C13H10BrNO3. The van der Waals surface area contributed by atoms with Crippen molar-refractivity contribution < 1.29 is 9.53 Å². The van der Waals surface area contributed by atoms with E-state index in [1.807, 2.05) is 18.2 Å². The van der Waals surface area contributed by atoms with Crippen LogP contribution in [0.2, 0.25) is 0 Å². The average Bonchev–Trinajstić information content (AvgIpc) is 2.35. The molecule has 92 valence electrons. The topological polar surface area (TPSA) is 59.2 Å². The molecule has 0 saturated carbocycles. The molecule has 4 nitrogen and oxygen atoms in total. The highest BCUT2D eigenvalue weighted by molar-refractivity contribution is 9.11. The number of pyridine rings is 1. The van der Waals surface area contributed by atoms with Gasteiger partial charge in [-0.05, 0) is 17.5 Å². The highest BCUT2D eigenvalue weighted by Gasteiger charge is 2.13. The van der Waals surface area contributed by atoms with Crippen molar-refractivity contribution >= 4 is 32.8 Å². The second-order valence-corrected chi connectivity index (χ2v) is 4.81. The summed E-state index contributed by atoms with van der Waals surface area (Å²) in [4.78, 5) is 26.1. The normalized spacial score (nSPS) is 10.3. The second kappa shape index (κ2) is 5.18. The summed E-state index contributed by atoms with van der Waals surface area (Å²) in [7, 11) is 0. The molecule has 2 rings (SSSR count). The van der Waals surface area contributed by atoms with Gasteiger partial charge in [-0.15, -0.1) is 0 Å². The van der Waals surface area contributed by atoms with E-state index in [9.17, 15) is 9.59 Å². The minimum Gasteiger partial charge on any atom is -0.457 e. The summed E-state index contributed by atoms with van der Waals surface area (Å²) in [6.45, 7) is 3.58. The van der Waals surface area contributed by atoms with E-state index in [4.69, 9.17) is 4.74 Å². The second-order valence-electron chi connectivity index (χ2n) is 3.69. The lowest BCUT2D eigenvalue weighted by Crippen LogP contribution is -2.19. The molecule has 0 spiro atoms. The molecule has 1 N–H and O–H groups in total. The fraction of sp³-hybridized carbons (Fsp3) is 0.0769. The number of ether oxygens (including phenoxy) is 1. The number of carbonyl (C=O) groups is 1. The van der Waals surface area contributed by atoms with Crippen LogP contribution in [0.4, 0.5) is 0 Å². The minimum absolute atomic E-state index is 0.0116. The fourth-order valence-corrected chi connectivity index (χ4v) is 1.64. The third-order valence-corrected chi connectivity index (χ3v) is 2.56. The van der Waals surface area contributed by atoms with Gasteiger partial charge in [0.05, 0.1) is 0 Å². The van der Waals surface area contributed by atoms with Gasteiger partial charge in [-0.3, -0.25) is 4.79 Å². The van der Waals surface area contributed by atoms with Gasteiger partial charge in [0.2, 0.25) is 0 Å². The first-order valence-corrected chi connectivity index (χ1v) is 5.99. The van der Waals surface area contributed by atoms with Crippen LogP contribution in [0.5, 0.6) is 0 Å². The molecule has 1 aromatic carbocycles. The molecule has 0 atom stereocenters. The number of aromatic amines is 1. The van der Waals surface area contributed by atoms with E-state index in [2.05, 4.69) is 27.5 Å². The molecular weight excluding hydrogens is 298 g/mol. The average molecular weight is 308 g/mol. The number of carbonyl (C=O) groups excluding carboxylic acids is 1. The Labute approximate surface area is 111 Å². The van der Waals surface area contributed by atoms with E-state index >= 15 is 0 Å². The minimum atomic E-state index is -0.664. The van der Waals surface area contributed by atoms with Crippen molar-refractivity contribution in [1.29, 1.82) is 0 Å². The standard InChI is InChI=1S/C13H10BrNO3/c1-8(14)7-18-13(17)10-6-9-4-2-3-5-11(9)15-12(10)16/h2-6H,1,7H2,(H,15,16). The molecule has 5 heteroatoms. The Kier molecular flexibility index (Phi) is 3.62. The summed E-state index contributed by atoms with van der Waals surface area (Å²) in [5.41, 5.74) is 0.213. The van der Waals surface area contributed by atoms with E-state index in [0.29, 0.717) is 10.00 Å². The number of esters is 1. The first-order valence-electron chi connectivity index (χ1n) is 5.20. The molecule has 18 heavy (non-hydrogen) atoms. The van der Waals surface area contributed by atoms with Crippen LogP contribution in [-0.2, 0) is 4.74 Å². The highest BCUT2D eigenvalue weighted by Crippen LogP contribution is 2.11. The van der Waals surface area contributed by atoms with Crippen molar-refractivity contribution in [3.05, 3.63) is 57.3 Å². The van der Waals surface area contributed by atoms with Gasteiger partial charge in [-0.1, -0.05) is 40.7 Å². The van der Waals surface area contributed by atoms with E-state index in [1.165, 1.54) is 6.07 Å². The Morgan fingerprint density at radius 2 is 2.11 bits per heavy atom. The SMILES string of the molecule is C=C(Br)COC(=O)c1cc2ccccc2[nH]c1=O. The number of aromatic nitrogens is 1. The van der Waals surface area contributed by atoms with Crippen molar-refractivity contribution in [2.24, 2.45) is 0 Å². The maximum Gasteiger partial charge on any atom is 0.344 e. The van der Waals surface area contributed by atoms with Crippen LogP contribution in [0.1, 0.15) is 10.4 Å². The Balaban J connectivity index is 2.38. The Morgan fingerprint density at radius 1 is 1.39 bits per heavy atom. The summed E-state index contributed by atoms with van der Waals surface area (Å²) >= 11 is 3.08. The molecule has 0 amide bonds. The van der Waals surface area contributed by atoms with Crippen molar-refractivity contribution in [3.63, 3.8) is 0 Å². The van der Waals surface area contributed by atoms with E-state index < -0.39 is 11.5 Å². The maximum atomic E-state index is 11.7.